The lowest BCUT2D eigenvalue weighted by atomic mass is 9.99. The van der Waals surface area contributed by atoms with E-state index >= 15 is 0 Å². The third-order valence-electron chi connectivity index (χ3n) is 10.9. The first kappa shape index (κ1) is 40.0. The van der Waals surface area contributed by atoms with Crippen molar-refractivity contribution in [2.45, 2.75) is 0 Å². The second kappa shape index (κ2) is 17.3. The summed E-state index contributed by atoms with van der Waals surface area (Å²) in [5, 5.41) is 0. The van der Waals surface area contributed by atoms with Crippen LogP contribution in [0.5, 0.6) is 23.0 Å². The van der Waals surface area contributed by atoms with Gasteiger partial charge in [0.15, 0.2) is 12.6 Å². The number of thiophene rings is 2. The first-order chi connectivity index (χ1) is 30.4. The molecule has 1 aliphatic carbocycles. The van der Waals surface area contributed by atoms with Gasteiger partial charge in [-0.1, -0.05) is 24.3 Å². The molecule has 0 fully saturated rings. The summed E-state index contributed by atoms with van der Waals surface area (Å²) in [7, 11) is 6.64. The number of anilines is 6. The summed E-state index contributed by atoms with van der Waals surface area (Å²) in [5.74, 6) is 3.12. The van der Waals surface area contributed by atoms with Crippen LogP contribution < -0.4 is 28.7 Å². The molecule has 306 valence electrons. The van der Waals surface area contributed by atoms with Crippen molar-refractivity contribution in [3.05, 3.63) is 174 Å². The van der Waals surface area contributed by atoms with Crippen LogP contribution in [0.4, 0.5) is 34.1 Å². The van der Waals surface area contributed by atoms with E-state index in [4.69, 9.17) is 18.9 Å². The maximum atomic E-state index is 12.4. The van der Waals surface area contributed by atoms with Gasteiger partial charge in [-0.15, -0.1) is 22.7 Å². The Balaban J connectivity index is 1.05. The lowest BCUT2D eigenvalue weighted by Gasteiger charge is -2.26. The number of hydrogen-bond acceptors (Lipinski definition) is 10. The van der Waals surface area contributed by atoms with E-state index in [-0.39, 0.29) is 5.57 Å². The highest BCUT2D eigenvalue weighted by Crippen LogP contribution is 2.56. The van der Waals surface area contributed by atoms with Gasteiger partial charge in [0.1, 0.15) is 23.0 Å². The molecule has 8 nitrogen and oxygen atoms in total. The fourth-order valence-corrected chi connectivity index (χ4v) is 10.2. The molecule has 0 bridgehead atoms. The van der Waals surface area contributed by atoms with Crippen molar-refractivity contribution in [3.8, 4) is 53.6 Å². The van der Waals surface area contributed by atoms with E-state index in [1.54, 1.807) is 51.1 Å². The zero-order valence-corrected chi connectivity index (χ0v) is 36.0. The van der Waals surface area contributed by atoms with Gasteiger partial charge in [-0.05, 0) is 145 Å². The zero-order chi connectivity index (χ0) is 42.7. The van der Waals surface area contributed by atoms with Crippen LogP contribution in [-0.2, 0) is 9.59 Å². The van der Waals surface area contributed by atoms with Crippen molar-refractivity contribution in [1.82, 2.24) is 0 Å². The van der Waals surface area contributed by atoms with Crippen LogP contribution in [0.15, 0.2) is 163 Å². The Morgan fingerprint density at radius 2 is 0.661 bits per heavy atom. The summed E-state index contributed by atoms with van der Waals surface area (Å²) < 4.78 is 21.7. The highest BCUT2D eigenvalue weighted by Gasteiger charge is 2.32. The standard InChI is InChI=1S/C52H40N2O6S2/c1-57-42-21-13-38(14-22-42)53(39-15-23-43(58-2)24-16-39)36-9-5-33(6-10-36)48-29-46-50(35(31-55)32-56)47-30-49(62-52(47)51(46)61-48)34-7-11-37(12-8-34)54(40-17-25-44(59-3)26-18-40)41-19-27-45(60-4)28-20-41/h5-32H,1-4H3. The molecular formula is C52H40N2O6S2. The van der Waals surface area contributed by atoms with Crippen molar-refractivity contribution < 1.29 is 28.5 Å². The average molecular weight is 853 g/mol. The van der Waals surface area contributed by atoms with Gasteiger partial charge in [-0.25, -0.2) is 0 Å². The number of carbonyl (C=O) groups is 2. The topological polar surface area (TPSA) is 77.5 Å². The van der Waals surface area contributed by atoms with E-state index < -0.39 is 0 Å². The van der Waals surface area contributed by atoms with E-state index in [1.807, 2.05) is 97.1 Å². The van der Waals surface area contributed by atoms with Crippen LogP contribution in [0.3, 0.4) is 0 Å². The molecule has 9 rings (SSSR count). The van der Waals surface area contributed by atoms with Gasteiger partial charge in [0.25, 0.3) is 0 Å². The summed E-state index contributed by atoms with van der Waals surface area (Å²) in [4.78, 5) is 33.3. The number of fused-ring (bicyclic) bond motifs is 3. The SMILES string of the molecule is COc1ccc(N(c2ccc(OC)cc2)c2ccc(-c3cc4c(s3)-c3sc(-c5ccc(N(c6ccc(OC)cc6)c6ccc(OC)cc6)cc5)cc3C4=C(C=O)C=O)cc2)cc1. The van der Waals surface area contributed by atoms with Gasteiger partial charge in [0.05, 0.1) is 43.8 Å². The first-order valence-electron chi connectivity index (χ1n) is 19.7. The van der Waals surface area contributed by atoms with Gasteiger partial charge in [0, 0.05) is 60.6 Å². The van der Waals surface area contributed by atoms with Crippen LogP contribution >= 0.6 is 22.7 Å². The largest absolute Gasteiger partial charge is 0.497 e. The number of allylic oxidation sites excluding steroid dienone is 1. The van der Waals surface area contributed by atoms with Gasteiger partial charge in [0.2, 0.25) is 0 Å². The summed E-state index contributed by atoms with van der Waals surface area (Å²) in [6.45, 7) is 0. The Morgan fingerprint density at radius 3 is 0.903 bits per heavy atom. The van der Waals surface area contributed by atoms with E-state index in [2.05, 4.69) is 70.5 Å². The molecule has 0 unspecified atom stereocenters. The number of methoxy groups -OCH3 is 4. The van der Waals surface area contributed by atoms with Gasteiger partial charge >= 0.3 is 0 Å². The molecule has 8 aromatic rings. The number of carbonyl (C=O) groups excluding carboxylic acids is 2. The van der Waals surface area contributed by atoms with Gasteiger partial charge in [-0.2, -0.15) is 0 Å². The maximum Gasteiger partial charge on any atom is 0.153 e. The lowest BCUT2D eigenvalue weighted by Crippen LogP contribution is -2.09. The van der Waals surface area contributed by atoms with E-state index in [0.29, 0.717) is 18.1 Å². The summed E-state index contributed by atoms with van der Waals surface area (Å²) in [6.07, 6.45) is 1.33. The Labute approximate surface area is 368 Å². The van der Waals surface area contributed by atoms with Crippen molar-refractivity contribution in [3.63, 3.8) is 0 Å². The normalized spacial score (nSPS) is 11.3. The van der Waals surface area contributed by atoms with Gasteiger partial charge in [-0.3, -0.25) is 9.59 Å². The van der Waals surface area contributed by atoms with Gasteiger partial charge < -0.3 is 28.7 Å². The zero-order valence-electron chi connectivity index (χ0n) is 34.3. The molecule has 1 aliphatic rings. The molecular weight excluding hydrogens is 813 g/mol. The summed E-state index contributed by atoms with van der Waals surface area (Å²) >= 11 is 3.34. The monoisotopic (exact) mass is 852 g/mol. The fourth-order valence-electron chi connectivity index (χ4n) is 7.75. The molecule has 62 heavy (non-hydrogen) atoms. The molecule has 6 aromatic carbocycles. The molecule has 10 heteroatoms. The minimum absolute atomic E-state index is 0.133. The third-order valence-corrected chi connectivity index (χ3v) is 13.4. The van der Waals surface area contributed by atoms with Crippen LogP contribution in [0, 0.1) is 0 Å². The van der Waals surface area contributed by atoms with Crippen molar-refractivity contribution in [2.24, 2.45) is 0 Å². The van der Waals surface area contributed by atoms with Crippen molar-refractivity contribution in [1.29, 1.82) is 0 Å². The van der Waals surface area contributed by atoms with Crippen LogP contribution in [-0.4, -0.2) is 41.0 Å². The Morgan fingerprint density at radius 1 is 0.403 bits per heavy atom. The first-order valence-corrected chi connectivity index (χ1v) is 21.4. The summed E-state index contributed by atoms with van der Waals surface area (Å²) in [5.41, 5.74) is 10.5. The second-order valence-electron chi connectivity index (χ2n) is 14.3. The fraction of sp³-hybridized carbons (Fsp3) is 0.0769. The predicted octanol–water partition coefficient (Wildman–Crippen LogP) is 13.3. The lowest BCUT2D eigenvalue weighted by molar-refractivity contribution is -0.109. The molecule has 0 saturated heterocycles. The number of nitrogens with zero attached hydrogens (tertiary/aromatic N) is 2. The minimum Gasteiger partial charge on any atom is -0.497 e. The molecule has 0 atom stereocenters. The van der Waals surface area contributed by atoms with Crippen LogP contribution in [0.2, 0.25) is 0 Å². The van der Waals surface area contributed by atoms with Crippen LogP contribution in [0.1, 0.15) is 11.1 Å². The number of benzene rings is 6. The molecule has 2 aromatic heterocycles. The number of aldehydes is 2. The Bertz CT molecular complexity index is 2610. The minimum atomic E-state index is 0.133. The summed E-state index contributed by atoms with van der Waals surface area (Å²) in [6, 6.07) is 53.0. The quantitative estimate of drug-likeness (QED) is 0.0463. The molecule has 0 aliphatic heterocycles. The van der Waals surface area contributed by atoms with Crippen LogP contribution in [0.25, 0.3) is 36.2 Å². The third kappa shape index (κ3) is 7.51. The highest BCUT2D eigenvalue weighted by molar-refractivity contribution is 7.26. The predicted molar refractivity (Wildman–Crippen MR) is 252 cm³/mol. The highest BCUT2D eigenvalue weighted by atomic mass is 32.1. The molecule has 0 amide bonds. The molecule has 0 N–H and O–H groups in total. The number of ether oxygens (including phenoxy) is 4. The number of rotatable bonds is 14. The molecule has 2 heterocycles. The van der Waals surface area contributed by atoms with Crippen molar-refractivity contribution >= 4 is 74.9 Å². The van der Waals surface area contributed by atoms with Crippen molar-refractivity contribution in [2.75, 3.05) is 38.2 Å². The molecule has 0 spiro atoms. The Kier molecular flexibility index (Phi) is 11.2. The van der Waals surface area contributed by atoms with E-state index in [1.165, 1.54) is 0 Å². The Hall–Kier alpha value is -7.40. The second-order valence-corrected chi connectivity index (χ2v) is 16.4. The number of hydrogen-bond donors (Lipinski definition) is 0. The average Bonchev–Trinajstić information content (AvgIpc) is 4.04. The van der Waals surface area contributed by atoms with E-state index in [9.17, 15) is 9.59 Å². The molecule has 0 radical (unpaired) electrons. The smallest absolute Gasteiger partial charge is 0.153 e. The van der Waals surface area contributed by atoms with E-state index in [0.717, 1.165) is 98.9 Å². The molecule has 0 saturated carbocycles. The maximum absolute atomic E-state index is 12.4.